The fourth-order valence-electron chi connectivity index (χ4n) is 18.1. The van der Waals surface area contributed by atoms with Crippen LogP contribution in [0.5, 0.6) is 0 Å². The molecular weight excluding hydrogens is 1940 g/mol. The molecule has 0 bridgehead atoms. The molecule has 3 aromatic heterocycles. The topological polar surface area (TPSA) is 674 Å². The lowest BCUT2D eigenvalue weighted by Crippen LogP contribution is -2.62. The third kappa shape index (κ3) is 33.8. The van der Waals surface area contributed by atoms with Gasteiger partial charge >= 0.3 is 11.9 Å². The van der Waals surface area contributed by atoms with Gasteiger partial charge < -0.3 is 116 Å². The average molecular weight is 2070 g/mol. The number of H-pyrrole nitrogens is 2. The molecule has 0 radical (unpaired) electrons. The molecule has 23 N–H and O–H groups in total. The molecule has 3 aliphatic rings. The van der Waals surface area contributed by atoms with Gasteiger partial charge in [0.1, 0.15) is 79.0 Å². The molecule has 1 saturated carbocycles. The van der Waals surface area contributed by atoms with E-state index in [4.69, 9.17) is 16.9 Å². The van der Waals surface area contributed by atoms with Crippen LogP contribution in [0.25, 0.3) is 33.2 Å². The zero-order valence-corrected chi connectivity index (χ0v) is 84.9. The molecule has 2 saturated heterocycles. The van der Waals surface area contributed by atoms with E-state index >= 15 is 33.6 Å². The largest absolute Gasteiger partial charge is 0.481 e. The molecule has 3 fully saturated rings. The minimum atomic E-state index is -2.03. The second-order valence-electron chi connectivity index (χ2n) is 38.5. The Morgan fingerprint density at radius 2 is 1.05 bits per heavy atom. The maximum Gasteiger partial charge on any atom is 0.325 e. The summed E-state index contributed by atoms with van der Waals surface area (Å²) in [7, 11) is 1.24. The summed E-state index contributed by atoms with van der Waals surface area (Å²) < 4.78 is 1.22. The summed E-state index contributed by atoms with van der Waals surface area (Å²) >= 11 is 0.846. The molecule has 2 aliphatic heterocycles. The summed E-state index contributed by atoms with van der Waals surface area (Å²) in [4.78, 5) is 278. The van der Waals surface area contributed by atoms with Crippen molar-refractivity contribution < 1.29 is 96.5 Å². The summed E-state index contributed by atoms with van der Waals surface area (Å²) in [5.74, 6) is -20.5. The first-order valence-corrected chi connectivity index (χ1v) is 51.0. The van der Waals surface area contributed by atoms with Gasteiger partial charge in [0.05, 0.1) is 43.4 Å². The molecule has 0 unspecified atom stereocenters. The lowest BCUT2D eigenvalue weighted by Gasteiger charge is -2.33. The number of anilines is 1. The van der Waals surface area contributed by atoms with Gasteiger partial charge in [-0.1, -0.05) is 189 Å². The number of primary amides is 1. The van der Waals surface area contributed by atoms with E-state index in [0.29, 0.717) is 57.4 Å². The molecule has 1 aliphatic carbocycles. The van der Waals surface area contributed by atoms with Crippen molar-refractivity contribution >= 4 is 141 Å². The van der Waals surface area contributed by atoms with Crippen LogP contribution in [-0.2, 0) is 114 Å². The van der Waals surface area contributed by atoms with Crippen molar-refractivity contribution in [1.29, 1.82) is 5.41 Å². The lowest BCUT2D eigenvalue weighted by molar-refractivity contribution is -0.144. The van der Waals surface area contributed by atoms with E-state index in [1.807, 2.05) is 42.5 Å². The number of thioether (sulfide) groups is 1. The Bertz CT molecular complexity index is 6040. The second-order valence-corrected chi connectivity index (χ2v) is 39.5. The number of nitrogens with one attached hydrogen (secondary N) is 17. The van der Waals surface area contributed by atoms with Gasteiger partial charge in [0.2, 0.25) is 88.6 Å². The second kappa shape index (κ2) is 55.0. The highest BCUT2D eigenvalue weighted by molar-refractivity contribution is 8.00. The minimum absolute atomic E-state index is 0.00333. The number of aliphatic carboxylic acids is 2. The molecule has 46 heteroatoms. The van der Waals surface area contributed by atoms with E-state index in [9.17, 15) is 63.0 Å². The van der Waals surface area contributed by atoms with E-state index < -0.39 is 235 Å². The van der Waals surface area contributed by atoms with Crippen LogP contribution in [-0.4, -0.2) is 279 Å². The third-order valence-corrected chi connectivity index (χ3v) is 27.2. The molecule has 5 aromatic carbocycles. The number of likely N-dealkylation sites (N-methyl/N-ethyl adjacent to an activating group) is 1. The van der Waals surface area contributed by atoms with Crippen molar-refractivity contribution in [3.8, 4) is 22.3 Å². The van der Waals surface area contributed by atoms with Gasteiger partial charge in [-0.3, -0.25) is 96.4 Å². The van der Waals surface area contributed by atoms with E-state index in [-0.39, 0.29) is 106 Å². The highest BCUT2D eigenvalue weighted by atomic mass is 32.2. The maximum absolute atomic E-state index is 15.9. The standard InChI is InChI=1S/C103H133N25O20S/c1-8-59(6)88-102(148)127-40-18-26-81(127)98(144)123-87(58(4)5)99(145)120-76(46-69-49-108-56-112-69)96(142)117-72(41-57(2)3)92(138)122-79(90(136)110-50-82(104)129)53-149-54-84(131)115-73(42-60-19-11-9-12-20-60)93(139)118-74(43-61-27-31-64(32-28-61)63-21-13-10-14-22-63)94(140)121-78(44-62-29-33-65(34-30-62)66-35-37-67(38-36-66)113-100(146)89-70-23-15-16-25-80(70)128(125-89)52-86(134)135)101(147)126(7)51-83(130)114-75(45-68-48-107-55-111-68)95(141)119-77(47-85(132)133)97(143)116-71(91(137)124-88)24-17-39-109-103(105)106/h10,13-16,21-23,25,27-38,48-49,55-60,71-79,81,87-88H,8-9,11-12,17-20,24,26,39-47,50-54H2,1-7H3,(H2,104,129)(H,107,111)(H,108,112)(H,110,136)(H,113,146)(H,114,130)(H,115,131)(H,116,143)(H,117,142)(H,118,139)(H,119,141)(H,120,145)(H,121,140)(H,122,138)(H,123,144)(H,124,137)(H,132,133)(H,134,135)(H4,105,106,109)/t59-,71+,72-,73-,74-,75-,76-,77-,78-,79-,81-,87-,88-/m0/s1. The number of rotatable bonds is 30. The zero-order chi connectivity index (χ0) is 108. The SMILES string of the molecule is CC[C@H](C)[C@@H]1NC(=O)[C@@H](CCCNC(=N)N)NC(=O)[C@H](CC(=O)O)NC(=O)[C@H](Cc2cnc[nH]2)NC(=O)CN(C)C(=O)[C@H](Cc2ccc(-c3ccc(NC(=O)c4nn(CC(=O)O)c5ccccc45)cc3)cc2)NC(=O)[C@H](Cc2ccc(-c3ccccc3)cc2)NC(=O)[C@H](CC2CCCCC2)NC(=O)CSC[C@@H](C(=O)NCC(N)=O)NC(=O)[C@H](CC(C)C)NC(=O)[C@H](Cc2cnc[nH]2)NC(=O)[C@H](C(C)C)NC(=O)[C@@H]2CCCN2C1=O. The van der Waals surface area contributed by atoms with Gasteiger partial charge in [-0.05, 0) is 114 Å². The Morgan fingerprint density at radius 3 is 1.63 bits per heavy atom. The highest BCUT2D eigenvalue weighted by Gasteiger charge is 2.44. The number of amides is 16. The van der Waals surface area contributed by atoms with E-state index in [1.165, 1.54) is 41.7 Å². The Balaban J connectivity index is 0.954. The summed E-state index contributed by atoms with van der Waals surface area (Å²) in [5, 5.41) is 70.4. The number of imidazole rings is 2. The van der Waals surface area contributed by atoms with Crippen molar-refractivity contribution in [3.63, 3.8) is 0 Å². The summed E-state index contributed by atoms with van der Waals surface area (Å²) in [6, 6.07) is 18.2. The van der Waals surface area contributed by atoms with Gasteiger partial charge in [0.15, 0.2) is 11.7 Å². The molecule has 5 heterocycles. The van der Waals surface area contributed by atoms with Crippen LogP contribution >= 0.6 is 11.8 Å². The molecular formula is C103H133N25O20S. The van der Waals surface area contributed by atoms with Crippen molar-refractivity contribution in [2.45, 2.75) is 230 Å². The number of nitrogens with zero attached hydrogens (tertiary/aromatic N) is 6. The number of aromatic amines is 2. The molecule has 16 amide bonds. The first kappa shape index (κ1) is 113. The van der Waals surface area contributed by atoms with Crippen LogP contribution in [0.4, 0.5) is 5.69 Å². The predicted octanol–water partition coefficient (Wildman–Crippen LogP) is 2.01. The van der Waals surface area contributed by atoms with Crippen LogP contribution in [0.1, 0.15) is 158 Å². The Morgan fingerprint density at radius 1 is 0.523 bits per heavy atom. The number of carbonyl (C=O) groups excluding carboxylic acids is 16. The number of hydrogen-bond acceptors (Lipinski definition) is 23. The number of guanidine groups is 1. The number of para-hydroxylation sites is 1. The van der Waals surface area contributed by atoms with Gasteiger partial charge in [-0.15, -0.1) is 11.8 Å². The fraction of sp³-hybridized carbons (Fsp3) is 0.456. The molecule has 0 spiro atoms. The first-order chi connectivity index (χ1) is 71.2. The smallest absolute Gasteiger partial charge is 0.325 e. The van der Waals surface area contributed by atoms with Crippen LogP contribution in [0, 0.1) is 29.1 Å². The van der Waals surface area contributed by atoms with E-state index in [2.05, 4.69) is 99.5 Å². The maximum atomic E-state index is 15.9. The fourth-order valence-corrected chi connectivity index (χ4v) is 18.9. The molecule has 13 atom stereocenters. The average Bonchev–Trinajstić information content (AvgIpc) is 1.63. The van der Waals surface area contributed by atoms with Gasteiger partial charge in [0.25, 0.3) is 5.91 Å². The monoisotopic (exact) mass is 2070 g/mol. The first-order valence-electron chi connectivity index (χ1n) is 49.8. The normalized spacial score (nSPS) is 22.1. The number of nitrogens with two attached hydrogens (primary N) is 2. The molecule has 796 valence electrons. The quantitative estimate of drug-likeness (QED) is 0.0174. The minimum Gasteiger partial charge on any atom is -0.481 e. The van der Waals surface area contributed by atoms with E-state index in [1.54, 1.807) is 126 Å². The number of carboxylic acids is 2. The van der Waals surface area contributed by atoms with Gasteiger partial charge in [-0.25, -0.2) is 9.97 Å². The highest BCUT2D eigenvalue weighted by Crippen LogP contribution is 2.31. The summed E-state index contributed by atoms with van der Waals surface area (Å²) in [6.07, 6.45) is 7.06. The molecule has 149 heavy (non-hydrogen) atoms. The number of carboxylic acid groups (broad SMARTS) is 2. The zero-order valence-electron chi connectivity index (χ0n) is 84.1. The Kier molecular flexibility index (Phi) is 41.9. The number of aromatic nitrogens is 6. The van der Waals surface area contributed by atoms with Crippen LogP contribution in [0.15, 0.2) is 152 Å². The lowest BCUT2D eigenvalue weighted by atomic mass is 9.84. The van der Waals surface area contributed by atoms with Gasteiger partial charge in [0, 0.05) is 86.4 Å². The van der Waals surface area contributed by atoms with Crippen LogP contribution in [0.3, 0.4) is 0 Å². The summed E-state index contributed by atoms with van der Waals surface area (Å²) in [6.45, 7) is 8.01. The molecule has 11 rings (SSSR count). The number of carbonyl (C=O) groups is 18. The van der Waals surface area contributed by atoms with Crippen molar-refractivity contribution in [2.75, 3.05) is 50.0 Å². The third-order valence-electron chi connectivity index (χ3n) is 26.1. The Hall–Kier alpha value is -15.9. The van der Waals surface area contributed by atoms with Crippen LogP contribution in [0.2, 0.25) is 0 Å². The van der Waals surface area contributed by atoms with Crippen LogP contribution < -0.4 is 85.9 Å². The Labute approximate surface area is 864 Å². The van der Waals surface area contributed by atoms with Crippen molar-refractivity contribution in [1.82, 2.24) is 109 Å². The number of hydrogen-bond donors (Lipinski definition) is 21. The number of fused-ring (bicyclic) bond motifs is 2. The number of benzene rings is 5. The van der Waals surface area contributed by atoms with Crippen molar-refractivity contribution in [2.24, 2.45) is 35.1 Å². The predicted molar refractivity (Wildman–Crippen MR) is 551 cm³/mol. The summed E-state index contributed by atoms with van der Waals surface area (Å²) in [5.41, 5.74) is 16.4. The molecule has 45 nitrogen and oxygen atoms in total. The van der Waals surface area contributed by atoms with Gasteiger partial charge in [-0.2, -0.15) is 5.10 Å². The van der Waals surface area contributed by atoms with E-state index in [0.717, 1.165) is 47.1 Å². The molecule has 8 aromatic rings. The van der Waals surface area contributed by atoms with Crippen molar-refractivity contribution in [3.05, 3.63) is 181 Å².